The minimum Gasteiger partial charge on any atom is -0.382 e. The molecule has 2 aromatic rings. The van der Waals surface area contributed by atoms with Gasteiger partial charge in [0, 0.05) is 42.1 Å². The lowest BCUT2D eigenvalue weighted by molar-refractivity contribution is -0.0108. The number of pyridine rings is 1. The Balaban J connectivity index is 1.69. The first kappa shape index (κ1) is 19.0. The number of nitrogens with zero attached hydrogens (tertiary/aromatic N) is 3. The molecular formula is C25H26N4O. The van der Waals surface area contributed by atoms with Crippen LogP contribution >= 0.6 is 0 Å². The van der Waals surface area contributed by atoms with Gasteiger partial charge in [-0.15, -0.1) is 5.92 Å². The van der Waals surface area contributed by atoms with Gasteiger partial charge in [0.25, 0.3) is 0 Å². The number of ether oxygens (including phenoxy) is 1. The Morgan fingerprint density at radius 3 is 2.73 bits per heavy atom. The first-order chi connectivity index (χ1) is 14.6. The number of fused-ring (bicyclic) bond motifs is 5. The third-order valence-corrected chi connectivity index (χ3v) is 6.80. The van der Waals surface area contributed by atoms with Crippen molar-refractivity contribution in [3.8, 4) is 23.0 Å². The Morgan fingerprint density at radius 2 is 2.00 bits per heavy atom. The second-order valence-electron chi connectivity index (χ2n) is 8.40. The minimum absolute atomic E-state index is 0.121. The zero-order valence-electron chi connectivity index (χ0n) is 17.6. The fraction of sp³-hybridized carbons (Fsp3) is 0.400. The number of nitrogens with two attached hydrogens (primary N) is 1. The van der Waals surface area contributed by atoms with E-state index in [-0.39, 0.29) is 12.0 Å². The maximum absolute atomic E-state index is 6.25. The fourth-order valence-corrected chi connectivity index (χ4v) is 5.55. The van der Waals surface area contributed by atoms with E-state index in [9.17, 15) is 0 Å². The van der Waals surface area contributed by atoms with E-state index in [0.717, 1.165) is 47.2 Å². The van der Waals surface area contributed by atoms with E-state index in [1.54, 1.807) is 13.3 Å². The molecule has 1 saturated carbocycles. The second kappa shape index (κ2) is 7.07. The largest absolute Gasteiger partial charge is 0.382 e. The molecule has 5 heteroatoms. The van der Waals surface area contributed by atoms with Crippen LogP contribution in [0, 0.1) is 17.8 Å². The van der Waals surface area contributed by atoms with Crippen molar-refractivity contribution in [2.24, 2.45) is 21.6 Å². The molecule has 0 bridgehead atoms. The molecule has 0 saturated heterocycles. The van der Waals surface area contributed by atoms with Gasteiger partial charge in [-0.3, -0.25) is 9.98 Å². The predicted molar refractivity (Wildman–Crippen MR) is 120 cm³/mol. The zero-order chi connectivity index (χ0) is 20.9. The smallest absolute Gasteiger partial charge is 0.184 e. The summed E-state index contributed by atoms with van der Waals surface area (Å²) in [5.74, 6) is 7.13. The Labute approximate surface area is 177 Å². The van der Waals surface area contributed by atoms with Gasteiger partial charge in [-0.2, -0.15) is 0 Å². The van der Waals surface area contributed by atoms with E-state index in [1.165, 1.54) is 5.56 Å². The highest BCUT2D eigenvalue weighted by atomic mass is 16.5. The summed E-state index contributed by atoms with van der Waals surface area (Å²) in [6.45, 7) is 3.79. The summed E-state index contributed by atoms with van der Waals surface area (Å²) in [4.78, 5) is 14.4. The van der Waals surface area contributed by atoms with E-state index in [1.807, 2.05) is 20.0 Å². The molecule has 5 rings (SSSR count). The van der Waals surface area contributed by atoms with E-state index in [0.29, 0.717) is 11.8 Å². The lowest BCUT2D eigenvalue weighted by Crippen LogP contribution is -2.40. The maximum atomic E-state index is 6.25. The first-order valence-electron chi connectivity index (χ1n) is 10.5. The first-order valence-corrected chi connectivity index (χ1v) is 10.5. The van der Waals surface area contributed by atoms with Crippen molar-refractivity contribution >= 4 is 11.5 Å². The molecule has 2 heterocycles. The number of aromatic nitrogens is 1. The highest BCUT2D eigenvalue weighted by Gasteiger charge is 2.58. The van der Waals surface area contributed by atoms with Crippen molar-refractivity contribution in [2.75, 3.05) is 7.11 Å². The third-order valence-electron chi connectivity index (χ3n) is 6.80. The summed E-state index contributed by atoms with van der Waals surface area (Å²) >= 11 is 0. The van der Waals surface area contributed by atoms with Gasteiger partial charge in [-0.05, 0) is 55.9 Å². The van der Waals surface area contributed by atoms with E-state index < -0.39 is 5.66 Å². The van der Waals surface area contributed by atoms with Crippen LogP contribution in [0.2, 0.25) is 0 Å². The lowest BCUT2D eigenvalue weighted by atomic mass is 9.74. The van der Waals surface area contributed by atoms with Gasteiger partial charge in [0.05, 0.1) is 11.8 Å². The summed E-state index contributed by atoms with van der Waals surface area (Å²) in [7, 11) is 1.81. The lowest BCUT2D eigenvalue weighted by Gasteiger charge is -2.38. The van der Waals surface area contributed by atoms with Gasteiger partial charge >= 0.3 is 0 Å². The van der Waals surface area contributed by atoms with Crippen LogP contribution in [0.3, 0.4) is 0 Å². The van der Waals surface area contributed by atoms with Crippen LogP contribution in [0.1, 0.15) is 55.7 Å². The van der Waals surface area contributed by atoms with Gasteiger partial charge < -0.3 is 10.5 Å². The van der Waals surface area contributed by atoms with Gasteiger partial charge in [-0.25, -0.2) is 4.99 Å². The van der Waals surface area contributed by atoms with Crippen molar-refractivity contribution in [2.45, 2.75) is 50.8 Å². The number of rotatable bonds is 2. The number of amidine groups is 1. The zero-order valence-corrected chi connectivity index (χ0v) is 17.6. The van der Waals surface area contributed by atoms with Crippen molar-refractivity contribution in [1.29, 1.82) is 0 Å². The molecular weight excluding hydrogens is 372 g/mol. The third kappa shape index (κ3) is 2.71. The predicted octanol–water partition coefficient (Wildman–Crippen LogP) is 4.02. The van der Waals surface area contributed by atoms with E-state index in [4.69, 9.17) is 20.5 Å². The standard InChI is InChI=1S/C25H26N4O/c1-4-6-16-11-18(14-27-13-16)17-9-10-19-20-7-5-8-22(30-3)23(20)25(21(19)12-17)28-15(2)24(26)29-25/h9-14,20,22-23H,5,7-8H2,1-3H3,(H2,26,29). The molecule has 0 radical (unpaired) electrons. The molecule has 2 N–H and O–H groups in total. The summed E-state index contributed by atoms with van der Waals surface area (Å²) in [5, 5.41) is 0. The van der Waals surface area contributed by atoms with Crippen LogP contribution in [0.5, 0.6) is 0 Å². The molecule has 152 valence electrons. The normalized spacial score (nSPS) is 29.0. The molecule has 3 aliphatic rings. The summed E-state index contributed by atoms with van der Waals surface area (Å²) < 4.78 is 5.95. The number of hydrogen-bond acceptors (Lipinski definition) is 5. The highest BCUT2D eigenvalue weighted by Crippen LogP contribution is 2.60. The van der Waals surface area contributed by atoms with Crippen molar-refractivity contribution in [1.82, 2.24) is 4.98 Å². The summed E-state index contributed by atoms with van der Waals surface area (Å²) in [6.07, 6.45) is 7.12. The van der Waals surface area contributed by atoms with E-state index >= 15 is 0 Å². The van der Waals surface area contributed by atoms with E-state index in [2.05, 4.69) is 41.1 Å². The molecule has 1 fully saturated rings. The van der Waals surface area contributed by atoms with Gasteiger partial charge in [-0.1, -0.05) is 24.5 Å². The molecule has 5 nitrogen and oxygen atoms in total. The van der Waals surface area contributed by atoms with Crippen LogP contribution in [0.4, 0.5) is 0 Å². The molecule has 1 aromatic carbocycles. The van der Waals surface area contributed by atoms with Crippen molar-refractivity contribution < 1.29 is 4.74 Å². The average Bonchev–Trinajstić information content (AvgIpc) is 3.21. The SMILES string of the molecule is CC#Cc1cncc(-c2ccc3c(c2)C2(N=C(C)C(N)=N2)C2C(OC)CCCC32)c1. The van der Waals surface area contributed by atoms with Crippen molar-refractivity contribution in [3.63, 3.8) is 0 Å². The van der Waals surface area contributed by atoms with Crippen LogP contribution in [-0.2, 0) is 10.4 Å². The Kier molecular flexibility index (Phi) is 4.48. The molecule has 2 aliphatic carbocycles. The summed E-state index contributed by atoms with van der Waals surface area (Å²) in [6, 6.07) is 8.75. The maximum Gasteiger partial charge on any atom is 0.184 e. The Morgan fingerprint density at radius 1 is 1.13 bits per heavy atom. The minimum atomic E-state index is -0.681. The van der Waals surface area contributed by atoms with Gasteiger partial charge in [0.1, 0.15) is 5.84 Å². The van der Waals surface area contributed by atoms with Gasteiger partial charge in [0.15, 0.2) is 5.66 Å². The average molecular weight is 399 g/mol. The molecule has 30 heavy (non-hydrogen) atoms. The second-order valence-corrected chi connectivity index (χ2v) is 8.40. The molecule has 1 aliphatic heterocycles. The number of benzene rings is 1. The van der Waals surface area contributed by atoms with Crippen LogP contribution in [0.25, 0.3) is 11.1 Å². The van der Waals surface area contributed by atoms with Crippen LogP contribution in [0.15, 0.2) is 46.6 Å². The Hall–Kier alpha value is -2.97. The highest BCUT2D eigenvalue weighted by molar-refractivity contribution is 6.41. The molecule has 4 atom stereocenters. The molecule has 1 aromatic heterocycles. The fourth-order valence-electron chi connectivity index (χ4n) is 5.55. The topological polar surface area (TPSA) is 72.9 Å². The van der Waals surface area contributed by atoms with Crippen LogP contribution < -0.4 is 5.73 Å². The number of hydrogen-bond donors (Lipinski definition) is 1. The quantitative estimate of drug-likeness (QED) is 0.777. The number of methoxy groups -OCH3 is 1. The monoisotopic (exact) mass is 398 g/mol. The van der Waals surface area contributed by atoms with Crippen molar-refractivity contribution in [3.05, 3.63) is 53.3 Å². The van der Waals surface area contributed by atoms with Gasteiger partial charge in [0.2, 0.25) is 0 Å². The Bertz CT molecular complexity index is 1120. The summed E-state index contributed by atoms with van der Waals surface area (Å²) in [5.41, 5.74) is 11.9. The molecule has 4 unspecified atom stereocenters. The molecule has 1 spiro atoms. The van der Waals surface area contributed by atoms with Crippen LogP contribution in [-0.4, -0.2) is 29.7 Å². The number of aliphatic imine (C=N–C) groups is 2. The molecule has 0 amide bonds.